The zero-order valence-corrected chi connectivity index (χ0v) is 18.1. The summed E-state index contributed by atoms with van der Waals surface area (Å²) in [5, 5.41) is 6.84. The van der Waals surface area contributed by atoms with E-state index in [0.29, 0.717) is 12.0 Å². The Bertz CT molecular complexity index is 578. The second kappa shape index (κ2) is 10.8. The summed E-state index contributed by atoms with van der Waals surface area (Å²) >= 11 is 0. The highest BCUT2D eigenvalue weighted by Crippen LogP contribution is 2.31. The third kappa shape index (κ3) is 5.64. The molecule has 1 aromatic carbocycles. The van der Waals surface area contributed by atoms with Crippen molar-refractivity contribution in [1.82, 2.24) is 10.6 Å². The van der Waals surface area contributed by atoms with Crippen molar-refractivity contribution in [3.05, 3.63) is 24.3 Å². The summed E-state index contributed by atoms with van der Waals surface area (Å²) in [5.41, 5.74) is 1.19. The van der Waals surface area contributed by atoms with Gasteiger partial charge in [-0.15, -0.1) is 24.0 Å². The highest BCUT2D eigenvalue weighted by Gasteiger charge is 2.24. The predicted octanol–water partition coefficient (Wildman–Crippen LogP) is 2.48. The van der Waals surface area contributed by atoms with E-state index in [0.717, 1.165) is 50.9 Å². The number of nitrogens with one attached hydrogen (secondary N) is 2. The van der Waals surface area contributed by atoms with E-state index in [-0.39, 0.29) is 24.0 Å². The number of guanidine groups is 1. The van der Waals surface area contributed by atoms with E-state index >= 15 is 0 Å². The van der Waals surface area contributed by atoms with Gasteiger partial charge in [0.15, 0.2) is 5.96 Å². The average Bonchev–Trinajstić information content (AvgIpc) is 3.33. The molecule has 2 saturated heterocycles. The third-order valence-corrected chi connectivity index (χ3v) is 5.01. The first-order valence-corrected chi connectivity index (χ1v) is 9.24. The SMILES string of the molecule is CN=C(NCC1CCN(c2ccccc2OC)C1)NCC1CCCO1.I. The maximum Gasteiger partial charge on any atom is 0.191 e. The molecule has 3 rings (SSSR count). The summed E-state index contributed by atoms with van der Waals surface area (Å²) < 4.78 is 11.1. The van der Waals surface area contributed by atoms with Crippen molar-refractivity contribution < 1.29 is 9.47 Å². The van der Waals surface area contributed by atoms with Crippen LogP contribution in [-0.2, 0) is 4.74 Å². The lowest BCUT2D eigenvalue weighted by Gasteiger charge is -2.21. The average molecular weight is 474 g/mol. The van der Waals surface area contributed by atoms with Gasteiger partial charge in [-0.05, 0) is 37.3 Å². The quantitative estimate of drug-likeness (QED) is 0.377. The molecule has 0 amide bonds. The molecule has 1 aromatic rings. The first-order valence-electron chi connectivity index (χ1n) is 9.24. The first kappa shape index (κ1) is 21.1. The van der Waals surface area contributed by atoms with Gasteiger partial charge in [-0.2, -0.15) is 0 Å². The highest BCUT2D eigenvalue weighted by atomic mass is 127. The van der Waals surface area contributed by atoms with Crippen LogP contribution in [0.5, 0.6) is 5.75 Å². The first-order chi connectivity index (χ1) is 12.3. The Labute approximate surface area is 173 Å². The van der Waals surface area contributed by atoms with Gasteiger partial charge in [0.1, 0.15) is 5.75 Å². The van der Waals surface area contributed by atoms with E-state index in [9.17, 15) is 0 Å². The van der Waals surface area contributed by atoms with Gasteiger partial charge in [-0.3, -0.25) is 4.99 Å². The van der Waals surface area contributed by atoms with E-state index in [1.54, 1.807) is 7.11 Å². The lowest BCUT2D eigenvalue weighted by Crippen LogP contribution is -2.43. The smallest absolute Gasteiger partial charge is 0.191 e. The van der Waals surface area contributed by atoms with E-state index in [1.165, 1.54) is 18.5 Å². The van der Waals surface area contributed by atoms with E-state index < -0.39 is 0 Å². The monoisotopic (exact) mass is 474 g/mol. The maximum absolute atomic E-state index is 5.65. The molecule has 0 aromatic heterocycles. The minimum Gasteiger partial charge on any atom is -0.495 e. The Morgan fingerprint density at radius 2 is 2.08 bits per heavy atom. The van der Waals surface area contributed by atoms with Gasteiger partial charge in [0.25, 0.3) is 0 Å². The number of aliphatic imine (C=N–C) groups is 1. The molecule has 0 saturated carbocycles. The van der Waals surface area contributed by atoms with Crippen molar-refractivity contribution in [2.24, 2.45) is 10.9 Å². The number of hydrogen-bond acceptors (Lipinski definition) is 4. The number of benzene rings is 1. The third-order valence-electron chi connectivity index (χ3n) is 5.01. The minimum atomic E-state index is 0. The normalized spacial score (nSPS) is 22.8. The molecule has 2 aliphatic rings. The molecule has 2 N–H and O–H groups in total. The number of rotatable bonds is 6. The van der Waals surface area contributed by atoms with E-state index in [2.05, 4.69) is 32.7 Å². The van der Waals surface area contributed by atoms with Crippen LogP contribution in [0.3, 0.4) is 0 Å². The van der Waals surface area contributed by atoms with Gasteiger partial charge in [0, 0.05) is 39.8 Å². The fraction of sp³-hybridized carbons (Fsp3) is 0.632. The predicted molar refractivity (Wildman–Crippen MR) is 117 cm³/mol. The topological polar surface area (TPSA) is 58.1 Å². The molecular weight excluding hydrogens is 443 g/mol. The summed E-state index contributed by atoms with van der Waals surface area (Å²) in [6.45, 7) is 4.75. The molecule has 0 spiro atoms. The summed E-state index contributed by atoms with van der Waals surface area (Å²) in [4.78, 5) is 6.73. The maximum atomic E-state index is 5.65. The molecule has 0 aliphatic carbocycles. The van der Waals surface area contributed by atoms with Crippen LogP contribution in [0.25, 0.3) is 0 Å². The summed E-state index contributed by atoms with van der Waals surface area (Å²) in [7, 11) is 3.55. The molecule has 146 valence electrons. The Kier molecular flexibility index (Phi) is 8.77. The van der Waals surface area contributed by atoms with E-state index in [1.807, 2.05) is 19.2 Å². The van der Waals surface area contributed by atoms with Gasteiger partial charge in [0.2, 0.25) is 0 Å². The van der Waals surface area contributed by atoms with Crippen LogP contribution in [-0.4, -0.2) is 59.0 Å². The molecular formula is C19H31IN4O2. The molecule has 2 aliphatic heterocycles. The second-order valence-corrected chi connectivity index (χ2v) is 6.74. The Morgan fingerprint density at radius 3 is 2.81 bits per heavy atom. The number of anilines is 1. The molecule has 0 bridgehead atoms. The molecule has 2 fully saturated rings. The molecule has 6 nitrogen and oxygen atoms in total. The van der Waals surface area contributed by atoms with Gasteiger partial charge in [-0.25, -0.2) is 0 Å². The Morgan fingerprint density at radius 1 is 1.27 bits per heavy atom. The highest BCUT2D eigenvalue weighted by molar-refractivity contribution is 14.0. The molecule has 2 atom stereocenters. The zero-order valence-electron chi connectivity index (χ0n) is 15.7. The standard InChI is InChI=1S/C19H30N4O2.HI/c1-20-19(22-13-16-6-5-11-25-16)21-12-15-9-10-23(14-15)17-7-3-4-8-18(17)24-2;/h3-4,7-8,15-16H,5-6,9-14H2,1-2H3,(H2,20,21,22);1H. The largest absolute Gasteiger partial charge is 0.495 e. The second-order valence-electron chi connectivity index (χ2n) is 6.74. The summed E-state index contributed by atoms with van der Waals surface area (Å²) in [6.07, 6.45) is 3.80. The molecule has 7 heteroatoms. The van der Waals surface area contributed by atoms with Crippen LogP contribution < -0.4 is 20.3 Å². The van der Waals surface area contributed by atoms with Gasteiger partial charge in [0.05, 0.1) is 18.9 Å². The van der Waals surface area contributed by atoms with Crippen molar-refractivity contribution in [2.75, 3.05) is 51.8 Å². The zero-order chi connectivity index (χ0) is 17.5. The molecule has 0 radical (unpaired) electrons. The van der Waals surface area contributed by atoms with Gasteiger partial charge in [-0.1, -0.05) is 12.1 Å². The number of para-hydroxylation sites is 2. The minimum absolute atomic E-state index is 0. The number of ether oxygens (including phenoxy) is 2. The number of nitrogens with zero attached hydrogens (tertiary/aromatic N) is 2. The van der Waals surface area contributed by atoms with E-state index in [4.69, 9.17) is 9.47 Å². The van der Waals surface area contributed by atoms with Crippen LogP contribution in [0.1, 0.15) is 19.3 Å². The molecule has 2 heterocycles. The van der Waals surface area contributed by atoms with Crippen LogP contribution in [0.2, 0.25) is 0 Å². The Hall–Kier alpha value is -1.22. The lowest BCUT2D eigenvalue weighted by atomic mass is 10.1. The number of halogens is 1. The van der Waals surface area contributed by atoms with Crippen LogP contribution in [0.4, 0.5) is 5.69 Å². The van der Waals surface area contributed by atoms with Crippen molar-refractivity contribution in [1.29, 1.82) is 0 Å². The van der Waals surface area contributed by atoms with Crippen LogP contribution >= 0.6 is 24.0 Å². The van der Waals surface area contributed by atoms with Crippen LogP contribution in [0.15, 0.2) is 29.3 Å². The van der Waals surface area contributed by atoms with Gasteiger partial charge >= 0.3 is 0 Å². The van der Waals surface area contributed by atoms with Crippen molar-refractivity contribution in [3.8, 4) is 5.75 Å². The lowest BCUT2D eigenvalue weighted by molar-refractivity contribution is 0.114. The summed E-state index contributed by atoms with van der Waals surface area (Å²) in [6, 6.07) is 8.25. The van der Waals surface area contributed by atoms with Gasteiger partial charge < -0.3 is 25.0 Å². The number of methoxy groups -OCH3 is 1. The van der Waals surface area contributed by atoms with Crippen molar-refractivity contribution in [2.45, 2.75) is 25.4 Å². The summed E-state index contributed by atoms with van der Waals surface area (Å²) in [5.74, 6) is 2.42. The Balaban J connectivity index is 0.00000243. The number of hydrogen-bond donors (Lipinski definition) is 2. The molecule has 26 heavy (non-hydrogen) atoms. The molecule has 2 unspecified atom stereocenters. The fourth-order valence-electron chi connectivity index (χ4n) is 3.59. The van der Waals surface area contributed by atoms with Crippen LogP contribution in [0, 0.1) is 5.92 Å². The fourth-order valence-corrected chi connectivity index (χ4v) is 3.59. The van der Waals surface area contributed by atoms with Crippen molar-refractivity contribution >= 4 is 35.6 Å². The van der Waals surface area contributed by atoms with Crippen molar-refractivity contribution in [3.63, 3.8) is 0 Å².